The van der Waals surface area contributed by atoms with E-state index in [0.717, 1.165) is 19.3 Å². The van der Waals surface area contributed by atoms with Crippen LogP contribution < -0.4 is 15.6 Å². The molecule has 2 fully saturated rings. The second-order valence-electron chi connectivity index (χ2n) is 10.8. The molecule has 0 spiro atoms. The van der Waals surface area contributed by atoms with Gasteiger partial charge in [-0.05, 0) is 58.1 Å². The summed E-state index contributed by atoms with van der Waals surface area (Å²) in [7, 11) is 0. The zero-order chi connectivity index (χ0) is 25.1. The zero-order valence-electron chi connectivity index (χ0n) is 20.1. The maximum Gasteiger partial charge on any atom is 0.408 e. The van der Waals surface area contributed by atoms with E-state index in [1.807, 2.05) is 37.8 Å². The number of anilines is 1. The highest BCUT2D eigenvalue weighted by Crippen LogP contribution is 2.40. The molecule has 2 aromatic rings. The monoisotopic (exact) mass is 483 g/mol. The molecule has 2 aliphatic carbocycles. The number of nitrogens with zero attached hydrogens (tertiary/aromatic N) is 2. The van der Waals surface area contributed by atoms with Crippen molar-refractivity contribution in [2.24, 2.45) is 11.8 Å². The van der Waals surface area contributed by atoms with Crippen LogP contribution in [0, 0.1) is 17.7 Å². The number of benzene rings is 1. The number of rotatable bonds is 4. The molecule has 2 N–H and O–H groups in total. The molecule has 1 saturated carbocycles. The minimum atomic E-state index is -1.31. The summed E-state index contributed by atoms with van der Waals surface area (Å²) in [5.41, 5.74) is -0.674. The predicted molar refractivity (Wildman–Crippen MR) is 130 cm³/mol. The smallest absolute Gasteiger partial charge is 0.408 e. The molecular weight excluding hydrogens is 453 g/mol. The first-order chi connectivity index (χ1) is 16.5. The van der Waals surface area contributed by atoms with Crippen LogP contribution in [-0.2, 0) is 4.74 Å². The Balaban J connectivity index is 1.45. The van der Waals surface area contributed by atoms with Crippen molar-refractivity contribution in [1.82, 2.24) is 9.88 Å². The molecule has 5 rings (SSSR count). The fraction of sp³-hybridized carbons (Fsp3) is 0.500. The minimum Gasteiger partial charge on any atom is -0.477 e. The Labute approximate surface area is 202 Å². The lowest BCUT2D eigenvalue weighted by Crippen LogP contribution is -2.45. The Morgan fingerprint density at radius 2 is 1.94 bits per heavy atom. The number of carbonyl (C=O) groups excluding carboxylic acids is 1. The number of aromatic carboxylic acids is 1. The van der Waals surface area contributed by atoms with Crippen LogP contribution in [0.5, 0.6) is 0 Å². The molecular formula is C26H30FN3O5. The summed E-state index contributed by atoms with van der Waals surface area (Å²) < 4.78 is 22.6. The van der Waals surface area contributed by atoms with E-state index in [2.05, 4.69) is 5.32 Å². The maximum atomic E-state index is 15.4. The summed E-state index contributed by atoms with van der Waals surface area (Å²) in [4.78, 5) is 38.7. The molecule has 1 aromatic carbocycles. The van der Waals surface area contributed by atoms with Crippen molar-refractivity contribution in [3.63, 3.8) is 0 Å². The molecule has 9 heteroatoms. The highest BCUT2D eigenvalue weighted by molar-refractivity contribution is 5.93. The standard InChI is InChI=1S/C26H30FN3O5/c1-26(2,3)35-25(34)28-20-6-4-5-14-11-29(12-17(14)20)22-10-21-16(9-19(22)27)23(31)18(24(32)33)13-30(21)15-7-8-15/h4,6,9-10,13-15,17,20H,5,7-8,11-12H2,1-3H3,(H,28,34)(H,32,33)/t14-,17+,20-/m1/s1. The van der Waals surface area contributed by atoms with Gasteiger partial charge in [-0.3, -0.25) is 4.79 Å². The number of allylic oxidation sites excluding steroid dienone is 1. The van der Waals surface area contributed by atoms with Crippen LogP contribution in [0.25, 0.3) is 10.9 Å². The first kappa shape index (κ1) is 23.4. The molecule has 1 saturated heterocycles. The van der Waals surface area contributed by atoms with E-state index in [-0.39, 0.29) is 34.9 Å². The number of pyridine rings is 1. The van der Waals surface area contributed by atoms with Crippen molar-refractivity contribution in [2.75, 3.05) is 18.0 Å². The Bertz CT molecular complexity index is 1290. The fourth-order valence-electron chi connectivity index (χ4n) is 5.30. The van der Waals surface area contributed by atoms with Crippen molar-refractivity contribution in [3.05, 3.63) is 52.1 Å². The lowest BCUT2D eigenvalue weighted by atomic mass is 9.82. The van der Waals surface area contributed by atoms with Gasteiger partial charge in [-0.25, -0.2) is 14.0 Å². The number of aromatic nitrogens is 1. The number of carboxylic acid groups (broad SMARTS) is 1. The average molecular weight is 484 g/mol. The van der Waals surface area contributed by atoms with Gasteiger partial charge < -0.3 is 24.6 Å². The first-order valence-electron chi connectivity index (χ1n) is 12.0. The number of amides is 1. The van der Waals surface area contributed by atoms with Gasteiger partial charge in [-0.15, -0.1) is 0 Å². The second kappa shape index (κ2) is 8.39. The predicted octanol–water partition coefficient (Wildman–Crippen LogP) is 4.08. The van der Waals surface area contributed by atoms with Gasteiger partial charge >= 0.3 is 12.1 Å². The van der Waals surface area contributed by atoms with Crippen LogP contribution in [0.4, 0.5) is 14.9 Å². The molecule has 0 unspecified atom stereocenters. The Hall–Kier alpha value is -3.36. The number of carboxylic acids is 1. The first-order valence-corrected chi connectivity index (χ1v) is 12.0. The van der Waals surface area contributed by atoms with E-state index in [9.17, 15) is 19.5 Å². The highest BCUT2D eigenvalue weighted by Gasteiger charge is 2.40. The largest absolute Gasteiger partial charge is 0.477 e. The summed E-state index contributed by atoms with van der Waals surface area (Å²) in [6.07, 6.45) is 7.54. The third kappa shape index (κ3) is 4.51. The van der Waals surface area contributed by atoms with Crippen molar-refractivity contribution in [1.29, 1.82) is 0 Å². The number of hydrogen-bond acceptors (Lipinski definition) is 5. The summed E-state index contributed by atoms with van der Waals surface area (Å²) in [5.74, 6) is -1.55. The van der Waals surface area contributed by atoms with Crippen LogP contribution >= 0.6 is 0 Å². The molecule has 1 aromatic heterocycles. The summed E-state index contributed by atoms with van der Waals surface area (Å²) >= 11 is 0. The van der Waals surface area contributed by atoms with Crippen molar-refractivity contribution < 1.29 is 23.8 Å². The molecule has 1 aliphatic heterocycles. The van der Waals surface area contributed by atoms with Gasteiger partial charge in [-0.2, -0.15) is 0 Å². The molecule has 1 amide bonds. The molecule has 3 aliphatic rings. The van der Waals surface area contributed by atoms with E-state index < -0.39 is 28.9 Å². The van der Waals surface area contributed by atoms with Crippen LogP contribution in [0.3, 0.4) is 0 Å². The van der Waals surface area contributed by atoms with Crippen LogP contribution in [0.2, 0.25) is 0 Å². The average Bonchev–Trinajstić information content (AvgIpc) is 3.50. The highest BCUT2D eigenvalue weighted by atomic mass is 19.1. The van der Waals surface area contributed by atoms with E-state index in [0.29, 0.717) is 24.3 Å². The molecule has 2 heterocycles. The van der Waals surface area contributed by atoms with Gasteiger partial charge in [0.25, 0.3) is 0 Å². The Kier molecular flexibility index (Phi) is 5.61. The maximum absolute atomic E-state index is 15.4. The number of ether oxygens (including phenoxy) is 1. The number of fused-ring (bicyclic) bond motifs is 2. The SMILES string of the molecule is CC(C)(C)OC(=O)N[C@@H]1C=CC[C@@H]2CN(c3cc4c(cc3F)c(=O)c(C(=O)O)cn4C3CC3)C[C@@H]21. The van der Waals surface area contributed by atoms with Crippen molar-refractivity contribution in [2.45, 2.75) is 57.7 Å². The Morgan fingerprint density at radius 3 is 2.60 bits per heavy atom. The second-order valence-corrected chi connectivity index (χ2v) is 10.8. The number of carbonyl (C=O) groups is 2. The van der Waals surface area contributed by atoms with Crippen LogP contribution in [0.15, 0.2) is 35.3 Å². The van der Waals surface area contributed by atoms with Gasteiger partial charge in [0.05, 0.1) is 17.2 Å². The summed E-state index contributed by atoms with van der Waals surface area (Å²) in [6, 6.07) is 2.74. The van der Waals surface area contributed by atoms with Gasteiger partial charge in [0.1, 0.15) is 17.0 Å². The fourth-order valence-corrected chi connectivity index (χ4v) is 5.30. The molecule has 35 heavy (non-hydrogen) atoms. The summed E-state index contributed by atoms with van der Waals surface area (Å²) in [6.45, 7) is 6.59. The molecule has 0 bridgehead atoms. The molecule has 186 valence electrons. The molecule has 0 radical (unpaired) electrons. The lowest BCUT2D eigenvalue weighted by molar-refractivity contribution is 0.0494. The minimum absolute atomic E-state index is 0.0841. The molecule has 8 nitrogen and oxygen atoms in total. The topological polar surface area (TPSA) is 101 Å². The van der Waals surface area contributed by atoms with E-state index in [4.69, 9.17) is 4.74 Å². The number of hydrogen-bond donors (Lipinski definition) is 2. The van der Waals surface area contributed by atoms with Crippen LogP contribution in [-0.4, -0.2) is 46.5 Å². The lowest BCUT2D eigenvalue weighted by Gasteiger charge is -2.30. The van der Waals surface area contributed by atoms with Gasteiger partial charge in [0.15, 0.2) is 0 Å². The number of alkyl carbamates (subject to hydrolysis) is 1. The quantitative estimate of drug-likeness (QED) is 0.636. The number of nitrogens with one attached hydrogen (secondary N) is 1. The van der Waals surface area contributed by atoms with Crippen LogP contribution in [0.1, 0.15) is 56.4 Å². The Morgan fingerprint density at radius 1 is 1.20 bits per heavy atom. The third-order valence-electron chi connectivity index (χ3n) is 7.03. The van der Waals surface area contributed by atoms with Gasteiger partial charge in [0.2, 0.25) is 5.43 Å². The summed E-state index contributed by atoms with van der Waals surface area (Å²) in [5, 5.41) is 12.5. The van der Waals surface area contributed by atoms with Crippen molar-refractivity contribution in [3.8, 4) is 0 Å². The van der Waals surface area contributed by atoms with Gasteiger partial charge in [-0.1, -0.05) is 12.2 Å². The van der Waals surface area contributed by atoms with E-state index >= 15 is 4.39 Å². The number of halogens is 1. The van der Waals surface area contributed by atoms with Crippen molar-refractivity contribution >= 4 is 28.7 Å². The zero-order valence-corrected chi connectivity index (χ0v) is 20.1. The molecule has 3 atom stereocenters. The van der Waals surface area contributed by atoms with E-state index in [1.165, 1.54) is 12.3 Å². The van der Waals surface area contributed by atoms with Gasteiger partial charge in [0, 0.05) is 36.6 Å². The normalized spacial score (nSPS) is 23.9. The third-order valence-corrected chi connectivity index (χ3v) is 7.03. The van der Waals surface area contributed by atoms with E-state index in [1.54, 1.807) is 10.6 Å².